The number of carbonyl (C=O) groups is 1. The number of hydrogen-bond acceptors (Lipinski definition) is 2. The quantitative estimate of drug-likeness (QED) is 0.788. The molecular weight excluding hydrogens is 258 g/mol. The number of hydrogen-bond donors (Lipinski definition) is 0. The Morgan fingerprint density at radius 2 is 1.84 bits per heavy atom. The second-order valence-corrected chi connectivity index (χ2v) is 4.34. The van der Waals surface area contributed by atoms with Crippen molar-refractivity contribution < 1.29 is 18.5 Å². The van der Waals surface area contributed by atoms with Crippen LogP contribution in [0.5, 0.6) is 0 Å². The van der Waals surface area contributed by atoms with Crippen molar-refractivity contribution in [1.29, 1.82) is 0 Å². The molecule has 1 aromatic carbocycles. The zero-order chi connectivity index (χ0) is 21.9. The molecular formula is C16H24ClNO. The highest BCUT2D eigenvalue weighted by atomic mass is 35.5. The van der Waals surface area contributed by atoms with Gasteiger partial charge in [-0.15, -0.1) is 12.4 Å². The van der Waals surface area contributed by atoms with E-state index in [0.717, 1.165) is 5.56 Å². The van der Waals surface area contributed by atoms with Gasteiger partial charge in [0.05, 0.1) is 0 Å². The standard InChI is InChI=1S/C16H23NO.ClH/c1-13-6-8-15(9-7-13)16(18)14(2)12-17-10-4-3-5-11-17;/h6-9,14H,3-5,10-12H2,1-2H3;1H/i3D2,4D2,5D2,10D2,11D2;. The Morgan fingerprint density at radius 1 is 1.26 bits per heavy atom. The fraction of sp³-hybridized carbons (Fsp3) is 0.562. The largest absolute Gasteiger partial charge is 0.303 e. The summed E-state index contributed by atoms with van der Waals surface area (Å²) in [7, 11) is 0. The Morgan fingerprint density at radius 3 is 2.42 bits per heavy atom. The molecule has 2 nitrogen and oxygen atoms in total. The lowest BCUT2D eigenvalue weighted by molar-refractivity contribution is 0.0883. The zero-order valence-corrected chi connectivity index (χ0v) is 11.7. The Bertz CT molecular complexity index is 735. The Hall–Kier alpha value is -0.860. The van der Waals surface area contributed by atoms with Crippen LogP contribution in [0.2, 0.25) is 0 Å². The van der Waals surface area contributed by atoms with Crippen molar-refractivity contribution in [3.8, 4) is 0 Å². The molecule has 0 amide bonds. The van der Waals surface area contributed by atoms with E-state index in [1.807, 2.05) is 6.92 Å². The lowest BCUT2D eigenvalue weighted by Gasteiger charge is -2.28. The molecule has 1 aromatic rings. The average molecular weight is 292 g/mol. The third kappa shape index (κ3) is 4.63. The van der Waals surface area contributed by atoms with Gasteiger partial charge in [-0.25, -0.2) is 0 Å². The van der Waals surface area contributed by atoms with Crippen molar-refractivity contribution in [2.24, 2.45) is 5.92 Å². The van der Waals surface area contributed by atoms with Gasteiger partial charge in [0.25, 0.3) is 0 Å². The van der Waals surface area contributed by atoms with Crippen LogP contribution in [0.1, 0.15) is 55.7 Å². The van der Waals surface area contributed by atoms with Crippen LogP contribution >= 0.6 is 12.4 Å². The van der Waals surface area contributed by atoms with E-state index < -0.39 is 50.4 Å². The number of rotatable bonds is 4. The minimum Gasteiger partial charge on any atom is -0.303 e. The van der Waals surface area contributed by atoms with Crippen molar-refractivity contribution in [2.45, 2.75) is 33.0 Å². The van der Waals surface area contributed by atoms with Gasteiger partial charge in [0.15, 0.2) is 5.78 Å². The molecule has 1 aliphatic heterocycles. The molecule has 3 heteroatoms. The van der Waals surface area contributed by atoms with Crippen LogP contribution in [-0.4, -0.2) is 30.2 Å². The molecule has 0 radical (unpaired) electrons. The average Bonchev–Trinajstić information content (AvgIpc) is 2.57. The highest BCUT2D eigenvalue weighted by Crippen LogP contribution is 2.15. The van der Waals surface area contributed by atoms with Gasteiger partial charge in [-0.1, -0.05) is 43.1 Å². The first kappa shape index (κ1) is 6.73. The minimum atomic E-state index is -3.45. The van der Waals surface area contributed by atoms with Crippen molar-refractivity contribution in [3.05, 3.63) is 35.4 Å². The van der Waals surface area contributed by atoms with Crippen LogP contribution in [0.25, 0.3) is 0 Å². The van der Waals surface area contributed by atoms with Gasteiger partial charge in [-0.3, -0.25) is 4.79 Å². The lowest BCUT2D eigenvalue weighted by atomic mass is 9.97. The third-order valence-corrected chi connectivity index (χ3v) is 2.75. The van der Waals surface area contributed by atoms with E-state index in [1.165, 1.54) is 6.92 Å². The highest BCUT2D eigenvalue weighted by molar-refractivity contribution is 5.97. The summed E-state index contributed by atoms with van der Waals surface area (Å²) in [4.78, 5) is 13.0. The molecule has 0 saturated carbocycles. The number of benzene rings is 1. The summed E-state index contributed by atoms with van der Waals surface area (Å²) in [5.74, 6) is -1.41. The molecule has 0 spiro atoms. The molecule has 1 aliphatic rings. The first-order valence-electron chi connectivity index (χ1n) is 10.8. The lowest BCUT2D eigenvalue weighted by Crippen LogP contribution is -2.35. The van der Waals surface area contributed by atoms with Gasteiger partial charge in [-0.05, 0) is 32.7 Å². The zero-order valence-electron chi connectivity index (χ0n) is 20.9. The van der Waals surface area contributed by atoms with Crippen molar-refractivity contribution in [2.75, 3.05) is 19.5 Å². The van der Waals surface area contributed by atoms with Crippen LogP contribution < -0.4 is 0 Å². The molecule has 106 valence electrons. The molecule has 1 unspecified atom stereocenters. The number of aryl methyl sites for hydroxylation is 1. The molecule has 19 heavy (non-hydrogen) atoms. The second-order valence-electron chi connectivity index (χ2n) is 4.34. The number of likely N-dealkylation sites (tertiary alicyclic amines) is 1. The molecule has 0 aromatic heterocycles. The van der Waals surface area contributed by atoms with Crippen LogP contribution in [0.15, 0.2) is 24.3 Å². The fourth-order valence-corrected chi connectivity index (χ4v) is 1.70. The summed E-state index contributed by atoms with van der Waals surface area (Å²) >= 11 is 0. The van der Waals surface area contributed by atoms with Crippen LogP contribution in [-0.2, 0) is 0 Å². The van der Waals surface area contributed by atoms with Crippen LogP contribution in [0.4, 0.5) is 0 Å². The number of carbonyl (C=O) groups excluding carboxylic acids is 1. The van der Waals surface area contributed by atoms with Gasteiger partial charge >= 0.3 is 0 Å². The van der Waals surface area contributed by atoms with E-state index in [-0.39, 0.29) is 12.4 Å². The summed E-state index contributed by atoms with van der Waals surface area (Å²) in [6, 6.07) is 6.58. The maximum Gasteiger partial charge on any atom is 0.166 e. The maximum atomic E-state index is 12.7. The first-order valence-corrected chi connectivity index (χ1v) is 5.81. The normalized spacial score (nSPS) is 38.6. The van der Waals surface area contributed by atoms with Crippen LogP contribution in [0.3, 0.4) is 0 Å². The van der Waals surface area contributed by atoms with E-state index >= 15 is 0 Å². The summed E-state index contributed by atoms with van der Waals surface area (Å²) < 4.78 is 79.7. The van der Waals surface area contributed by atoms with Crippen molar-refractivity contribution >= 4 is 18.2 Å². The Balaban J connectivity index is 0.00000420. The van der Waals surface area contributed by atoms with E-state index in [1.54, 1.807) is 24.3 Å². The van der Waals surface area contributed by atoms with Gasteiger partial charge in [0.2, 0.25) is 0 Å². The van der Waals surface area contributed by atoms with Gasteiger partial charge < -0.3 is 4.90 Å². The molecule has 1 atom stereocenters. The molecule has 1 heterocycles. The minimum absolute atomic E-state index is 0. The molecule has 0 N–H and O–H groups in total. The number of Topliss-reactive ketones (excluding diaryl/α,β-unsaturated/α-hetero) is 1. The first-order chi connectivity index (χ1) is 12.4. The molecule has 1 saturated heterocycles. The van der Waals surface area contributed by atoms with Gasteiger partial charge in [-0.2, -0.15) is 0 Å². The second kappa shape index (κ2) is 7.66. The Kier molecular flexibility index (Phi) is 2.71. The molecule has 0 aliphatic carbocycles. The van der Waals surface area contributed by atoms with Crippen LogP contribution in [0, 0.1) is 12.8 Å². The number of ketones is 1. The van der Waals surface area contributed by atoms with Crippen molar-refractivity contribution in [1.82, 2.24) is 4.90 Å². The molecule has 1 fully saturated rings. The third-order valence-electron chi connectivity index (χ3n) is 2.75. The predicted octanol–water partition coefficient (Wildman–Crippen LogP) is 3.72. The highest BCUT2D eigenvalue weighted by Gasteiger charge is 2.19. The SMILES string of the molecule is Cl.[2H]C1([2H])N(CC(C)C(=O)c2ccc(C)cc2)C([2H])([2H])C([2H])([2H])C([2H])([2H])C1([2H])[2H]. The Labute approximate surface area is 136 Å². The van der Waals surface area contributed by atoms with E-state index in [0.29, 0.717) is 10.5 Å². The van der Waals surface area contributed by atoms with Gasteiger partial charge in [0, 0.05) is 31.7 Å². The summed E-state index contributed by atoms with van der Waals surface area (Å²) in [5.41, 5.74) is 1.24. The van der Waals surface area contributed by atoms with E-state index in [9.17, 15) is 4.79 Å². The summed E-state index contributed by atoms with van der Waals surface area (Å²) in [6.45, 7) is -3.77. The number of halogens is 1. The fourth-order valence-electron chi connectivity index (χ4n) is 1.70. The van der Waals surface area contributed by atoms with E-state index in [2.05, 4.69) is 0 Å². The number of nitrogens with zero attached hydrogens (tertiary/aromatic N) is 1. The summed E-state index contributed by atoms with van der Waals surface area (Å²) in [6.07, 6.45) is -10.2. The van der Waals surface area contributed by atoms with Gasteiger partial charge in [0.1, 0.15) is 0 Å². The number of piperidine rings is 1. The topological polar surface area (TPSA) is 20.3 Å². The smallest absolute Gasteiger partial charge is 0.166 e. The molecule has 2 rings (SSSR count). The monoisotopic (exact) mass is 291 g/mol. The summed E-state index contributed by atoms with van der Waals surface area (Å²) in [5, 5.41) is 0. The predicted molar refractivity (Wildman–Crippen MR) is 82.2 cm³/mol. The molecule has 0 bridgehead atoms. The van der Waals surface area contributed by atoms with Crippen molar-refractivity contribution in [3.63, 3.8) is 0 Å². The maximum absolute atomic E-state index is 12.7. The van der Waals surface area contributed by atoms with E-state index in [4.69, 9.17) is 13.7 Å².